The summed E-state index contributed by atoms with van der Waals surface area (Å²) in [5.41, 5.74) is -1.87. The summed E-state index contributed by atoms with van der Waals surface area (Å²) in [6.07, 6.45) is -4.76. The van der Waals surface area contributed by atoms with Crippen LogP contribution >= 0.6 is 7.60 Å². The predicted molar refractivity (Wildman–Crippen MR) is 71.1 cm³/mol. The van der Waals surface area contributed by atoms with Gasteiger partial charge in [0.25, 0.3) is 0 Å². The standard InChI is InChI=1S/C13H16F3O4P/c1-9(17)7-12(21(18,19-2)20-3)10-5-4-6-11(8-10)13(14,15)16/h4-6,8,12H,7H2,1-3H3. The molecule has 1 rings (SSSR count). The van der Waals surface area contributed by atoms with Crippen molar-refractivity contribution >= 4 is 13.4 Å². The molecule has 0 spiro atoms. The van der Waals surface area contributed by atoms with Gasteiger partial charge in [0.05, 0.1) is 11.2 Å². The Labute approximate surface area is 120 Å². The van der Waals surface area contributed by atoms with Crippen LogP contribution in [0, 0.1) is 0 Å². The number of halogens is 3. The van der Waals surface area contributed by atoms with E-state index < -0.39 is 25.0 Å². The molecule has 0 saturated heterocycles. The smallest absolute Gasteiger partial charge is 0.312 e. The highest BCUT2D eigenvalue weighted by Crippen LogP contribution is 2.61. The number of benzene rings is 1. The fourth-order valence-electron chi connectivity index (χ4n) is 1.94. The summed E-state index contributed by atoms with van der Waals surface area (Å²) in [7, 11) is -1.47. The summed E-state index contributed by atoms with van der Waals surface area (Å²) in [5.74, 6) is -0.327. The third-order valence-electron chi connectivity index (χ3n) is 2.97. The number of carbonyl (C=O) groups is 1. The molecule has 21 heavy (non-hydrogen) atoms. The maximum absolute atomic E-state index is 12.8. The zero-order chi connectivity index (χ0) is 16.3. The van der Waals surface area contributed by atoms with Crippen molar-refractivity contribution < 1.29 is 31.6 Å². The van der Waals surface area contributed by atoms with Gasteiger partial charge < -0.3 is 9.05 Å². The van der Waals surface area contributed by atoms with Gasteiger partial charge in [-0.3, -0.25) is 9.36 Å². The normalized spacial score (nSPS) is 14.0. The van der Waals surface area contributed by atoms with Crippen LogP contribution in [0.3, 0.4) is 0 Å². The number of hydrogen-bond donors (Lipinski definition) is 0. The van der Waals surface area contributed by atoms with E-state index in [0.717, 1.165) is 26.4 Å². The minimum absolute atomic E-state index is 0.0899. The van der Waals surface area contributed by atoms with Gasteiger partial charge in [0.1, 0.15) is 5.78 Å². The van der Waals surface area contributed by atoms with Gasteiger partial charge in [0.15, 0.2) is 0 Å². The number of alkyl halides is 3. The van der Waals surface area contributed by atoms with Crippen LogP contribution in [-0.2, 0) is 24.6 Å². The molecule has 1 atom stereocenters. The van der Waals surface area contributed by atoms with Crippen LogP contribution in [0.15, 0.2) is 24.3 Å². The Morgan fingerprint density at radius 2 is 1.86 bits per heavy atom. The maximum Gasteiger partial charge on any atom is 0.416 e. The number of ketones is 1. The van der Waals surface area contributed by atoms with Gasteiger partial charge >= 0.3 is 13.8 Å². The number of carbonyl (C=O) groups excluding carboxylic acids is 1. The zero-order valence-corrected chi connectivity index (χ0v) is 12.7. The van der Waals surface area contributed by atoms with Crippen molar-refractivity contribution in [2.75, 3.05) is 14.2 Å². The summed E-state index contributed by atoms with van der Waals surface area (Å²) in [6, 6.07) is 4.33. The first-order valence-corrected chi connectivity index (χ1v) is 7.63. The van der Waals surface area contributed by atoms with Gasteiger partial charge in [-0.15, -0.1) is 0 Å². The molecule has 0 aromatic heterocycles. The fourth-order valence-corrected chi connectivity index (χ4v) is 3.60. The molecule has 4 nitrogen and oxygen atoms in total. The minimum Gasteiger partial charge on any atom is -0.312 e. The Bertz CT molecular complexity index is 549. The molecule has 1 aromatic rings. The van der Waals surface area contributed by atoms with E-state index in [0.29, 0.717) is 0 Å². The Morgan fingerprint density at radius 3 is 2.29 bits per heavy atom. The lowest BCUT2D eigenvalue weighted by Crippen LogP contribution is -2.10. The molecule has 8 heteroatoms. The van der Waals surface area contributed by atoms with Gasteiger partial charge in [0, 0.05) is 20.6 Å². The molecule has 0 aliphatic carbocycles. The number of rotatable bonds is 6. The quantitative estimate of drug-likeness (QED) is 0.736. The van der Waals surface area contributed by atoms with Crippen LogP contribution in [0.25, 0.3) is 0 Å². The van der Waals surface area contributed by atoms with Crippen molar-refractivity contribution in [1.82, 2.24) is 0 Å². The van der Waals surface area contributed by atoms with Crippen molar-refractivity contribution in [3.63, 3.8) is 0 Å². The minimum atomic E-state index is -4.53. The Kier molecular flexibility index (Phi) is 5.73. The molecule has 0 aliphatic heterocycles. The van der Waals surface area contributed by atoms with Gasteiger partial charge in [-0.2, -0.15) is 13.2 Å². The first-order chi connectivity index (χ1) is 9.64. The average molecular weight is 324 g/mol. The first kappa shape index (κ1) is 17.9. The van der Waals surface area contributed by atoms with Crippen LogP contribution in [-0.4, -0.2) is 20.0 Å². The second-order valence-corrected chi connectivity index (χ2v) is 6.88. The molecular formula is C13H16F3O4P. The molecule has 0 fully saturated rings. The Morgan fingerprint density at radius 1 is 1.29 bits per heavy atom. The van der Waals surface area contributed by atoms with Crippen molar-refractivity contribution in [3.05, 3.63) is 35.4 Å². The van der Waals surface area contributed by atoms with E-state index in [4.69, 9.17) is 9.05 Å². The molecule has 0 aliphatic rings. The van der Waals surface area contributed by atoms with E-state index in [1.54, 1.807) is 0 Å². The summed E-state index contributed by atoms with van der Waals surface area (Å²) >= 11 is 0. The van der Waals surface area contributed by atoms with E-state index in [2.05, 4.69) is 0 Å². The topological polar surface area (TPSA) is 52.6 Å². The van der Waals surface area contributed by atoms with Gasteiger partial charge in [-0.1, -0.05) is 18.2 Å². The third kappa shape index (κ3) is 4.40. The average Bonchev–Trinajstić information content (AvgIpc) is 2.43. The van der Waals surface area contributed by atoms with Gasteiger partial charge in [-0.25, -0.2) is 0 Å². The third-order valence-corrected chi connectivity index (χ3v) is 5.23. The van der Waals surface area contributed by atoms with Crippen LogP contribution in [0.4, 0.5) is 13.2 Å². The summed E-state index contributed by atoms with van der Waals surface area (Å²) in [5, 5.41) is 0. The van der Waals surface area contributed by atoms with Gasteiger partial charge in [-0.05, 0) is 18.6 Å². The molecule has 0 radical (unpaired) electrons. The second kappa shape index (κ2) is 6.73. The molecule has 118 valence electrons. The monoisotopic (exact) mass is 324 g/mol. The van der Waals surface area contributed by atoms with E-state index in [9.17, 15) is 22.5 Å². The molecule has 0 heterocycles. The Hall–Kier alpha value is -1.17. The first-order valence-electron chi connectivity index (χ1n) is 6.02. The van der Waals surface area contributed by atoms with Crippen LogP contribution < -0.4 is 0 Å². The van der Waals surface area contributed by atoms with E-state index in [1.165, 1.54) is 19.1 Å². The molecular weight excluding hydrogens is 308 g/mol. The molecule has 1 unspecified atom stereocenters. The number of hydrogen-bond acceptors (Lipinski definition) is 4. The highest BCUT2D eigenvalue weighted by Gasteiger charge is 2.38. The van der Waals surface area contributed by atoms with Crippen LogP contribution in [0.5, 0.6) is 0 Å². The van der Waals surface area contributed by atoms with E-state index in [1.807, 2.05) is 0 Å². The summed E-state index contributed by atoms with van der Waals surface area (Å²) in [4.78, 5) is 11.3. The van der Waals surface area contributed by atoms with Crippen molar-refractivity contribution in [3.8, 4) is 0 Å². The van der Waals surface area contributed by atoms with Crippen LogP contribution in [0.1, 0.15) is 30.1 Å². The highest BCUT2D eigenvalue weighted by atomic mass is 31.2. The SMILES string of the molecule is COP(=O)(OC)C(CC(C)=O)c1cccc(C(F)(F)F)c1. The molecule has 1 aromatic carbocycles. The number of Topliss-reactive ketones (excluding diaryl/α,β-unsaturated/α-hetero) is 1. The summed E-state index contributed by atoms with van der Waals surface area (Å²) in [6.45, 7) is 1.26. The molecule has 0 saturated carbocycles. The Balaban J connectivity index is 3.34. The van der Waals surface area contributed by atoms with E-state index in [-0.39, 0.29) is 17.8 Å². The molecule has 0 N–H and O–H groups in total. The lowest BCUT2D eigenvalue weighted by atomic mass is 10.0. The van der Waals surface area contributed by atoms with Crippen molar-refractivity contribution in [1.29, 1.82) is 0 Å². The second-order valence-electron chi connectivity index (χ2n) is 4.45. The lowest BCUT2D eigenvalue weighted by Gasteiger charge is -2.24. The van der Waals surface area contributed by atoms with E-state index >= 15 is 0 Å². The maximum atomic E-state index is 12.8. The highest BCUT2D eigenvalue weighted by molar-refractivity contribution is 7.54. The molecule has 0 amide bonds. The summed E-state index contributed by atoms with van der Waals surface area (Å²) < 4.78 is 60.4. The lowest BCUT2D eigenvalue weighted by molar-refractivity contribution is -0.137. The largest absolute Gasteiger partial charge is 0.416 e. The van der Waals surface area contributed by atoms with Crippen molar-refractivity contribution in [2.24, 2.45) is 0 Å². The van der Waals surface area contributed by atoms with Crippen LogP contribution in [0.2, 0.25) is 0 Å². The molecule has 0 bridgehead atoms. The zero-order valence-electron chi connectivity index (χ0n) is 11.8. The predicted octanol–water partition coefficient (Wildman–Crippen LogP) is 4.21. The van der Waals surface area contributed by atoms with Crippen molar-refractivity contribution in [2.45, 2.75) is 25.2 Å². The van der Waals surface area contributed by atoms with Gasteiger partial charge in [0.2, 0.25) is 0 Å². The fraction of sp³-hybridized carbons (Fsp3) is 0.462.